The summed E-state index contributed by atoms with van der Waals surface area (Å²) in [4.78, 5) is 0. The van der Waals surface area contributed by atoms with Gasteiger partial charge in [0.1, 0.15) is 0 Å². The van der Waals surface area contributed by atoms with Crippen molar-refractivity contribution in [3.63, 3.8) is 0 Å². The summed E-state index contributed by atoms with van der Waals surface area (Å²) in [6.07, 6.45) is 0. The minimum Gasteiger partial charge on any atom is -0.135 e. The maximum Gasteiger partial charge on any atom is 0.0638 e. The molecular formula is C38H22S2. The summed E-state index contributed by atoms with van der Waals surface area (Å²) in [5.41, 5.74) is -1.40. The fourth-order valence-electron chi connectivity index (χ4n) is 5.20. The molecule has 0 amide bonds. The van der Waals surface area contributed by atoms with Crippen molar-refractivity contribution in [1.29, 1.82) is 0 Å². The van der Waals surface area contributed by atoms with E-state index in [4.69, 9.17) is 20.6 Å². The quantitative estimate of drug-likeness (QED) is 0.183. The van der Waals surface area contributed by atoms with Gasteiger partial charge in [-0.2, -0.15) is 0 Å². The van der Waals surface area contributed by atoms with Gasteiger partial charge in [-0.05, 0) is 44.8 Å². The monoisotopic (exact) mass is 563 g/mol. The Morgan fingerprint density at radius 1 is 0.350 bits per heavy atom. The molecular weight excluding hydrogens is 521 g/mol. The van der Waals surface area contributed by atoms with E-state index in [0.717, 1.165) is 11.3 Å². The lowest BCUT2D eigenvalue weighted by Crippen LogP contribution is -1.91. The van der Waals surface area contributed by atoms with Crippen LogP contribution in [0, 0.1) is 0 Å². The molecule has 2 heteroatoms. The Balaban J connectivity index is 1.66. The Bertz CT molecular complexity index is 3520. The lowest BCUT2D eigenvalue weighted by molar-refractivity contribution is 1.71. The highest BCUT2D eigenvalue weighted by atomic mass is 32.1. The molecule has 0 saturated carbocycles. The van der Waals surface area contributed by atoms with Crippen LogP contribution in [0.4, 0.5) is 0 Å². The third kappa shape index (κ3) is 3.06. The molecule has 9 rings (SSSR count). The normalized spacial score (nSPS) is 19.4. The Hall–Kier alpha value is -4.50. The zero-order chi connectivity index (χ0) is 44.5. The first kappa shape index (κ1) is 10.2. The van der Waals surface area contributed by atoms with E-state index < -0.39 is 154 Å². The van der Waals surface area contributed by atoms with Crippen LogP contribution >= 0.6 is 22.7 Å². The Morgan fingerprint density at radius 3 is 1.30 bits per heavy atom. The second kappa shape index (κ2) is 8.50. The molecule has 186 valence electrons. The topological polar surface area (TPSA) is 0 Å². The number of benzene rings is 7. The smallest absolute Gasteiger partial charge is 0.0638 e. The molecule has 0 aliphatic rings. The number of hydrogen-bond acceptors (Lipinski definition) is 2. The third-order valence-electron chi connectivity index (χ3n) is 6.82. The number of fused-ring (bicyclic) bond motifs is 8. The maximum absolute atomic E-state index is 9.42. The summed E-state index contributed by atoms with van der Waals surface area (Å²) in [7, 11) is 0. The SMILES string of the molecule is [2H]c1cc2c(sc3c([2H])c([2H])c([2H])c([2H])c32)c(-c2c3c([2H])c([2H])c([2H])c([2H])c3c(-c3c([2H])c([2H])c([2H])c4c3sc3c([2H])c([2H])c([2H])c([2H])c34)c3c([2H])c([2H])c([2H])c([2H])c23)c1[2H]. The van der Waals surface area contributed by atoms with Crippen LogP contribution in [0.25, 0.3) is 84.1 Å². The lowest BCUT2D eigenvalue weighted by atomic mass is 9.85. The van der Waals surface area contributed by atoms with Crippen molar-refractivity contribution in [2.75, 3.05) is 0 Å². The average Bonchev–Trinajstić information content (AvgIpc) is 3.82. The Kier molecular flexibility index (Phi) is 2.16. The molecule has 40 heavy (non-hydrogen) atoms. The van der Waals surface area contributed by atoms with E-state index in [0.29, 0.717) is 11.3 Å². The van der Waals surface area contributed by atoms with E-state index in [1.54, 1.807) is 0 Å². The van der Waals surface area contributed by atoms with Gasteiger partial charge in [-0.25, -0.2) is 0 Å². The standard InChI is InChI=1S/C38H22S2/c1-2-14-26-25(13-1)35(31-19-9-17-29-23-11-5-7-21-33(23)39-37(29)31)27-15-3-4-16-28(27)36(26)32-20-10-18-30-24-12-6-8-22-34(24)40-38(30)32/h1-22H/i1D,2D,3D,4D,5D,6D,7D,8D,9D,10D,11D,12D,13D,14D,15D,16D,17D,19D,20D,21D,22D. The minimum atomic E-state index is -0.817. The van der Waals surface area contributed by atoms with Crippen LogP contribution in [0.5, 0.6) is 0 Å². The second-order valence-corrected chi connectivity index (χ2v) is 10.9. The van der Waals surface area contributed by atoms with Crippen molar-refractivity contribution in [2.24, 2.45) is 0 Å². The summed E-state index contributed by atoms with van der Waals surface area (Å²) in [5, 5.41) is -2.06. The molecule has 2 aromatic heterocycles. The fraction of sp³-hybridized carbons (Fsp3) is 0. The highest BCUT2D eigenvalue weighted by Gasteiger charge is 2.20. The van der Waals surface area contributed by atoms with E-state index in [1.807, 2.05) is 0 Å². The van der Waals surface area contributed by atoms with Crippen molar-refractivity contribution in [3.8, 4) is 22.3 Å². The molecule has 0 spiro atoms. The molecule has 0 radical (unpaired) electrons. The molecule has 0 unspecified atom stereocenters. The third-order valence-corrected chi connectivity index (χ3v) is 9.08. The van der Waals surface area contributed by atoms with Crippen molar-refractivity contribution >= 4 is 84.6 Å². The molecule has 9 aromatic rings. The largest absolute Gasteiger partial charge is 0.135 e. The van der Waals surface area contributed by atoms with Crippen LogP contribution in [0.1, 0.15) is 28.8 Å². The van der Waals surface area contributed by atoms with Gasteiger partial charge in [0.05, 0.1) is 28.8 Å². The van der Waals surface area contributed by atoms with Gasteiger partial charge in [0.25, 0.3) is 0 Å². The fourth-order valence-corrected chi connectivity index (χ4v) is 7.37. The first-order valence-corrected chi connectivity index (χ1v) is 13.5. The minimum absolute atomic E-state index is 0.00607. The van der Waals surface area contributed by atoms with Crippen LogP contribution in [-0.2, 0) is 0 Å². The van der Waals surface area contributed by atoms with Gasteiger partial charge in [-0.15, -0.1) is 22.7 Å². The zero-order valence-corrected chi connectivity index (χ0v) is 21.5. The predicted molar refractivity (Wildman–Crippen MR) is 178 cm³/mol. The van der Waals surface area contributed by atoms with Crippen molar-refractivity contribution in [2.45, 2.75) is 0 Å². The number of thiophene rings is 2. The Labute approximate surface area is 268 Å². The van der Waals surface area contributed by atoms with E-state index in [2.05, 4.69) is 0 Å². The van der Waals surface area contributed by atoms with Gasteiger partial charge >= 0.3 is 0 Å². The molecule has 0 saturated heterocycles. The highest BCUT2D eigenvalue weighted by molar-refractivity contribution is 7.26. The van der Waals surface area contributed by atoms with Gasteiger partial charge in [-0.3, -0.25) is 0 Å². The number of rotatable bonds is 2. The van der Waals surface area contributed by atoms with Crippen LogP contribution in [0.15, 0.2) is 133 Å². The van der Waals surface area contributed by atoms with Crippen molar-refractivity contribution < 1.29 is 28.8 Å². The Morgan fingerprint density at radius 2 is 0.750 bits per heavy atom. The van der Waals surface area contributed by atoms with Crippen LogP contribution in [0.2, 0.25) is 0 Å². The van der Waals surface area contributed by atoms with E-state index >= 15 is 0 Å². The number of hydrogen-bond donors (Lipinski definition) is 0. The molecule has 0 nitrogen and oxygen atoms in total. The summed E-state index contributed by atoms with van der Waals surface area (Å²) in [6, 6.07) is -12.6. The van der Waals surface area contributed by atoms with Gasteiger partial charge in [0, 0.05) is 51.5 Å². The predicted octanol–water partition coefficient (Wildman–Crippen LogP) is 12.1. The molecule has 0 bridgehead atoms. The summed E-state index contributed by atoms with van der Waals surface area (Å²) < 4.78 is 187. The van der Waals surface area contributed by atoms with Crippen LogP contribution < -0.4 is 0 Å². The highest BCUT2D eigenvalue weighted by Crippen LogP contribution is 2.49. The van der Waals surface area contributed by atoms with Crippen LogP contribution in [-0.4, -0.2) is 0 Å². The van der Waals surface area contributed by atoms with E-state index in [9.17, 15) is 8.22 Å². The zero-order valence-electron chi connectivity index (χ0n) is 40.9. The van der Waals surface area contributed by atoms with Gasteiger partial charge in [-0.1, -0.05) is 121 Å². The van der Waals surface area contributed by atoms with E-state index in [-0.39, 0.29) is 57.0 Å². The van der Waals surface area contributed by atoms with E-state index in [1.165, 1.54) is 6.07 Å². The summed E-state index contributed by atoms with van der Waals surface area (Å²) in [6.45, 7) is 0. The van der Waals surface area contributed by atoms with Crippen LogP contribution in [0.3, 0.4) is 0 Å². The molecule has 0 N–H and O–H groups in total. The molecule has 0 aliphatic carbocycles. The lowest BCUT2D eigenvalue weighted by Gasteiger charge is -2.18. The maximum atomic E-state index is 9.42. The van der Waals surface area contributed by atoms with Gasteiger partial charge in [0.15, 0.2) is 0 Å². The van der Waals surface area contributed by atoms with Crippen molar-refractivity contribution in [3.05, 3.63) is 133 Å². The summed E-state index contributed by atoms with van der Waals surface area (Å²) >= 11 is 1.51. The van der Waals surface area contributed by atoms with Crippen molar-refractivity contribution in [1.82, 2.24) is 0 Å². The second-order valence-electron chi connectivity index (χ2n) is 8.85. The average molecular weight is 564 g/mol. The summed E-state index contributed by atoms with van der Waals surface area (Å²) in [5.74, 6) is 0. The van der Waals surface area contributed by atoms with Gasteiger partial charge < -0.3 is 0 Å². The molecule has 7 aromatic carbocycles. The molecule has 0 atom stereocenters. The molecule has 0 aliphatic heterocycles. The molecule has 2 heterocycles. The molecule has 0 fully saturated rings. The first-order chi connectivity index (χ1) is 28.6. The first-order valence-electron chi connectivity index (χ1n) is 22.4. The van der Waals surface area contributed by atoms with Gasteiger partial charge in [0.2, 0.25) is 0 Å².